The maximum absolute atomic E-state index is 12.0. The van der Waals surface area contributed by atoms with E-state index in [0.717, 1.165) is 5.56 Å². The molecule has 0 aliphatic carbocycles. The molecule has 0 amide bonds. The number of carbonyl (C=O) groups is 1. The highest BCUT2D eigenvalue weighted by molar-refractivity contribution is 6.12. The van der Waals surface area contributed by atoms with Crippen molar-refractivity contribution in [2.75, 3.05) is 5.73 Å². The molecule has 106 valence electrons. The number of nitrogens with two attached hydrogens (primary N) is 1. The van der Waals surface area contributed by atoms with Gasteiger partial charge in [-0.1, -0.05) is 51.0 Å². The second kappa shape index (κ2) is 5.85. The Hall–Kier alpha value is -2.53. The SMILES string of the molecule is CC(C)(C)c1ccc(C#CC(=O)c2ccccc2N)cc1. The van der Waals surface area contributed by atoms with Crippen LogP contribution in [0.25, 0.3) is 0 Å². The zero-order valence-corrected chi connectivity index (χ0v) is 12.6. The Morgan fingerprint density at radius 2 is 1.62 bits per heavy atom. The zero-order chi connectivity index (χ0) is 15.5. The van der Waals surface area contributed by atoms with Gasteiger partial charge in [0.2, 0.25) is 5.78 Å². The van der Waals surface area contributed by atoms with Crippen molar-refractivity contribution in [3.63, 3.8) is 0 Å². The third-order valence-corrected chi connectivity index (χ3v) is 3.28. The van der Waals surface area contributed by atoms with Crippen LogP contribution >= 0.6 is 0 Å². The van der Waals surface area contributed by atoms with Crippen LogP contribution in [0.2, 0.25) is 0 Å². The molecule has 0 aliphatic rings. The van der Waals surface area contributed by atoms with E-state index in [9.17, 15) is 4.79 Å². The number of carbonyl (C=O) groups excluding carboxylic acids is 1. The number of anilines is 1. The highest BCUT2D eigenvalue weighted by Crippen LogP contribution is 2.21. The normalized spacial score (nSPS) is 10.6. The number of nitrogen functional groups attached to an aromatic ring is 1. The highest BCUT2D eigenvalue weighted by atomic mass is 16.1. The summed E-state index contributed by atoms with van der Waals surface area (Å²) in [6, 6.07) is 14.9. The van der Waals surface area contributed by atoms with Crippen LogP contribution in [-0.2, 0) is 5.41 Å². The average molecular weight is 277 g/mol. The van der Waals surface area contributed by atoms with Crippen LogP contribution < -0.4 is 5.73 Å². The van der Waals surface area contributed by atoms with E-state index in [1.54, 1.807) is 24.3 Å². The molecule has 2 rings (SSSR count). The summed E-state index contributed by atoms with van der Waals surface area (Å²) in [4.78, 5) is 12.0. The predicted octanol–water partition coefficient (Wildman–Crippen LogP) is 3.80. The van der Waals surface area contributed by atoms with Crippen LogP contribution in [0, 0.1) is 11.8 Å². The zero-order valence-electron chi connectivity index (χ0n) is 12.6. The lowest BCUT2D eigenvalue weighted by molar-refractivity contribution is 0.105. The molecule has 0 fully saturated rings. The van der Waals surface area contributed by atoms with Crippen molar-refractivity contribution in [3.8, 4) is 11.8 Å². The Balaban J connectivity index is 2.20. The summed E-state index contributed by atoms with van der Waals surface area (Å²) in [5, 5.41) is 0. The van der Waals surface area contributed by atoms with Crippen LogP contribution in [0.15, 0.2) is 48.5 Å². The summed E-state index contributed by atoms with van der Waals surface area (Å²) in [5.41, 5.74) is 8.86. The fourth-order valence-electron chi connectivity index (χ4n) is 1.95. The van der Waals surface area contributed by atoms with Gasteiger partial charge in [-0.05, 0) is 41.2 Å². The van der Waals surface area contributed by atoms with Crippen molar-refractivity contribution in [1.82, 2.24) is 0 Å². The van der Waals surface area contributed by atoms with Gasteiger partial charge < -0.3 is 5.73 Å². The van der Waals surface area contributed by atoms with Gasteiger partial charge in [0, 0.05) is 11.3 Å². The van der Waals surface area contributed by atoms with Crippen molar-refractivity contribution in [2.45, 2.75) is 26.2 Å². The minimum Gasteiger partial charge on any atom is -0.398 e. The standard InChI is InChI=1S/C19H19NO/c1-19(2,3)15-11-8-14(9-12-15)10-13-18(21)16-6-4-5-7-17(16)20/h4-9,11-12H,20H2,1-3H3. The first-order valence-electron chi connectivity index (χ1n) is 6.89. The number of hydrogen-bond donors (Lipinski definition) is 1. The van der Waals surface area contributed by atoms with Gasteiger partial charge in [0.05, 0.1) is 5.56 Å². The van der Waals surface area contributed by atoms with E-state index >= 15 is 0 Å². The molecule has 0 radical (unpaired) electrons. The molecule has 0 saturated heterocycles. The summed E-state index contributed by atoms with van der Waals surface area (Å²) in [5.74, 6) is 5.28. The Labute approximate surface area is 126 Å². The second-order valence-corrected chi connectivity index (χ2v) is 5.99. The minimum absolute atomic E-state index is 0.111. The summed E-state index contributed by atoms with van der Waals surface area (Å²) in [6.07, 6.45) is 0. The predicted molar refractivity (Wildman–Crippen MR) is 87.2 cm³/mol. The van der Waals surface area contributed by atoms with Crippen molar-refractivity contribution in [2.24, 2.45) is 0 Å². The first-order chi connectivity index (χ1) is 9.88. The third kappa shape index (κ3) is 3.73. The number of benzene rings is 2. The number of para-hydroxylation sites is 1. The van der Waals surface area contributed by atoms with Gasteiger partial charge in [-0.3, -0.25) is 4.79 Å². The molecule has 0 heterocycles. The summed E-state index contributed by atoms with van der Waals surface area (Å²) < 4.78 is 0. The fraction of sp³-hybridized carbons (Fsp3) is 0.211. The van der Waals surface area contributed by atoms with Gasteiger partial charge in [0.1, 0.15) is 0 Å². The molecule has 2 aromatic carbocycles. The molecule has 0 unspecified atom stereocenters. The first kappa shape index (κ1) is 14.9. The maximum Gasteiger partial charge on any atom is 0.238 e. The Morgan fingerprint density at radius 3 is 2.19 bits per heavy atom. The van der Waals surface area contributed by atoms with Gasteiger partial charge >= 0.3 is 0 Å². The van der Waals surface area contributed by atoms with E-state index in [2.05, 4.69) is 32.6 Å². The molecule has 0 saturated carbocycles. The van der Waals surface area contributed by atoms with Crippen LogP contribution in [-0.4, -0.2) is 5.78 Å². The smallest absolute Gasteiger partial charge is 0.238 e. The van der Waals surface area contributed by atoms with Crippen LogP contribution in [0.4, 0.5) is 5.69 Å². The number of ketones is 1. The largest absolute Gasteiger partial charge is 0.398 e. The maximum atomic E-state index is 12.0. The minimum atomic E-state index is -0.256. The number of rotatable bonds is 1. The number of hydrogen-bond acceptors (Lipinski definition) is 2. The van der Waals surface area contributed by atoms with E-state index in [1.165, 1.54) is 5.56 Å². The fourth-order valence-corrected chi connectivity index (χ4v) is 1.95. The monoisotopic (exact) mass is 277 g/mol. The molecule has 0 bridgehead atoms. The second-order valence-electron chi connectivity index (χ2n) is 5.99. The molecular formula is C19H19NO. The summed E-state index contributed by atoms with van der Waals surface area (Å²) >= 11 is 0. The first-order valence-corrected chi connectivity index (χ1v) is 6.89. The average Bonchev–Trinajstić information content (AvgIpc) is 2.45. The highest BCUT2D eigenvalue weighted by Gasteiger charge is 2.12. The Bertz CT molecular complexity index is 710. The third-order valence-electron chi connectivity index (χ3n) is 3.28. The molecule has 21 heavy (non-hydrogen) atoms. The number of Topliss-reactive ketones (excluding diaryl/α,β-unsaturated/α-hetero) is 1. The molecule has 0 aliphatic heterocycles. The lowest BCUT2D eigenvalue weighted by atomic mass is 9.87. The summed E-state index contributed by atoms with van der Waals surface area (Å²) in [6.45, 7) is 6.49. The van der Waals surface area contributed by atoms with Crippen molar-refractivity contribution in [3.05, 3.63) is 65.2 Å². The van der Waals surface area contributed by atoms with E-state index < -0.39 is 0 Å². The molecule has 0 aromatic heterocycles. The Morgan fingerprint density at radius 1 is 1.00 bits per heavy atom. The van der Waals surface area contributed by atoms with Crippen molar-refractivity contribution >= 4 is 11.5 Å². The molecular weight excluding hydrogens is 258 g/mol. The molecule has 2 heteroatoms. The van der Waals surface area contributed by atoms with Crippen molar-refractivity contribution < 1.29 is 4.79 Å². The van der Waals surface area contributed by atoms with E-state index in [-0.39, 0.29) is 11.2 Å². The van der Waals surface area contributed by atoms with Crippen LogP contribution in [0.3, 0.4) is 0 Å². The lowest BCUT2D eigenvalue weighted by Crippen LogP contribution is -2.10. The molecule has 0 atom stereocenters. The van der Waals surface area contributed by atoms with Gasteiger partial charge in [-0.15, -0.1) is 0 Å². The van der Waals surface area contributed by atoms with Gasteiger partial charge in [0.25, 0.3) is 0 Å². The van der Waals surface area contributed by atoms with Gasteiger partial charge in [-0.2, -0.15) is 0 Å². The summed E-state index contributed by atoms with van der Waals surface area (Å²) in [7, 11) is 0. The van der Waals surface area contributed by atoms with E-state index in [4.69, 9.17) is 5.73 Å². The van der Waals surface area contributed by atoms with Crippen LogP contribution in [0.1, 0.15) is 42.3 Å². The lowest BCUT2D eigenvalue weighted by Gasteiger charge is -2.18. The van der Waals surface area contributed by atoms with E-state index in [1.807, 2.05) is 24.3 Å². The Kier molecular flexibility index (Phi) is 4.14. The van der Waals surface area contributed by atoms with Crippen molar-refractivity contribution in [1.29, 1.82) is 0 Å². The molecule has 0 spiro atoms. The molecule has 2 N–H and O–H groups in total. The topological polar surface area (TPSA) is 43.1 Å². The van der Waals surface area contributed by atoms with E-state index in [0.29, 0.717) is 11.3 Å². The molecule has 2 nitrogen and oxygen atoms in total. The van der Waals surface area contributed by atoms with Gasteiger partial charge in [0.15, 0.2) is 0 Å². The molecule has 2 aromatic rings. The van der Waals surface area contributed by atoms with Crippen LogP contribution in [0.5, 0.6) is 0 Å². The quantitative estimate of drug-likeness (QED) is 0.489. The van der Waals surface area contributed by atoms with Gasteiger partial charge in [-0.25, -0.2) is 0 Å².